The first-order valence-electron chi connectivity index (χ1n) is 7.12. The summed E-state index contributed by atoms with van der Waals surface area (Å²) in [7, 11) is 0. The Hall–Kier alpha value is -3.02. The predicted molar refractivity (Wildman–Crippen MR) is 85.0 cm³/mol. The molecule has 0 saturated heterocycles. The summed E-state index contributed by atoms with van der Waals surface area (Å²) in [5.74, 6) is 1.73. The number of hydrazone groups is 1. The number of fused-ring (bicyclic) bond motifs is 1. The summed E-state index contributed by atoms with van der Waals surface area (Å²) in [5, 5.41) is 3.90. The lowest BCUT2D eigenvalue weighted by molar-refractivity contribution is -0.123. The molecule has 0 aromatic heterocycles. The fourth-order valence-corrected chi connectivity index (χ4v) is 2.07. The lowest BCUT2D eigenvalue weighted by Gasteiger charge is -2.07. The van der Waals surface area contributed by atoms with Crippen LogP contribution in [-0.2, 0) is 4.79 Å². The number of para-hydroxylation sites is 1. The van der Waals surface area contributed by atoms with Gasteiger partial charge in [0.2, 0.25) is 6.79 Å². The topological polar surface area (TPSA) is 69.2 Å². The SMILES string of the molecule is Cc1ccccc1OCC(=O)N/N=C\c1ccc2c(c1)OCO2. The van der Waals surface area contributed by atoms with Crippen LogP contribution >= 0.6 is 0 Å². The minimum Gasteiger partial charge on any atom is -0.483 e. The van der Waals surface area contributed by atoms with Crippen LogP contribution in [0.5, 0.6) is 17.2 Å². The summed E-state index contributed by atoms with van der Waals surface area (Å²) >= 11 is 0. The van der Waals surface area contributed by atoms with Crippen molar-refractivity contribution in [2.75, 3.05) is 13.4 Å². The molecular weight excluding hydrogens is 296 g/mol. The molecule has 2 aromatic rings. The summed E-state index contributed by atoms with van der Waals surface area (Å²) < 4.78 is 15.9. The second-order valence-corrected chi connectivity index (χ2v) is 4.96. The molecule has 118 valence electrons. The van der Waals surface area contributed by atoms with E-state index in [1.165, 1.54) is 6.21 Å². The molecule has 6 nitrogen and oxygen atoms in total. The van der Waals surface area contributed by atoms with E-state index in [1.54, 1.807) is 12.1 Å². The van der Waals surface area contributed by atoms with Gasteiger partial charge >= 0.3 is 0 Å². The number of nitrogens with one attached hydrogen (secondary N) is 1. The average Bonchev–Trinajstić information content (AvgIpc) is 3.02. The fourth-order valence-electron chi connectivity index (χ4n) is 2.07. The number of carbonyl (C=O) groups excluding carboxylic acids is 1. The van der Waals surface area contributed by atoms with E-state index in [-0.39, 0.29) is 19.3 Å². The Balaban J connectivity index is 1.50. The van der Waals surface area contributed by atoms with Gasteiger partial charge in [0.25, 0.3) is 5.91 Å². The molecular formula is C17H16N2O4. The number of hydrogen-bond acceptors (Lipinski definition) is 5. The number of carbonyl (C=O) groups is 1. The lowest BCUT2D eigenvalue weighted by Crippen LogP contribution is -2.24. The zero-order valence-corrected chi connectivity index (χ0v) is 12.6. The van der Waals surface area contributed by atoms with Crippen molar-refractivity contribution in [2.45, 2.75) is 6.92 Å². The molecule has 23 heavy (non-hydrogen) atoms. The standard InChI is InChI=1S/C17H16N2O4/c1-12-4-2-3-5-14(12)21-10-17(20)19-18-9-13-6-7-15-16(8-13)23-11-22-15/h2-9H,10-11H2,1H3,(H,19,20)/b18-9-. The molecule has 0 spiro atoms. The van der Waals surface area contributed by atoms with Gasteiger partial charge in [-0.3, -0.25) is 4.79 Å². The van der Waals surface area contributed by atoms with E-state index < -0.39 is 0 Å². The third kappa shape index (κ3) is 3.79. The third-order valence-corrected chi connectivity index (χ3v) is 3.25. The maximum absolute atomic E-state index is 11.7. The minimum absolute atomic E-state index is 0.0939. The maximum Gasteiger partial charge on any atom is 0.277 e. The molecule has 1 aliphatic rings. The van der Waals surface area contributed by atoms with E-state index in [1.807, 2.05) is 37.3 Å². The zero-order chi connectivity index (χ0) is 16.1. The van der Waals surface area contributed by atoms with Crippen molar-refractivity contribution >= 4 is 12.1 Å². The summed E-state index contributed by atoms with van der Waals surface area (Å²) in [6.45, 7) is 2.05. The molecule has 3 rings (SSSR count). The second-order valence-electron chi connectivity index (χ2n) is 4.96. The Labute approximate surface area is 133 Å². The van der Waals surface area contributed by atoms with Crippen LogP contribution in [-0.4, -0.2) is 25.5 Å². The fraction of sp³-hybridized carbons (Fsp3) is 0.176. The van der Waals surface area contributed by atoms with E-state index >= 15 is 0 Å². The first kappa shape index (κ1) is 14.9. The van der Waals surface area contributed by atoms with Gasteiger partial charge < -0.3 is 14.2 Å². The van der Waals surface area contributed by atoms with E-state index in [9.17, 15) is 4.79 Å². The molecule has 1 aliphatic heterocycles. The van der Waals surface area contributed by atoms with Gasteiger partial charge in [0, 0.05) is 0 Å². The maximum atomic E-state index is 11.7. The molecule has 0 aliphatic carbocycles. The first-order valence-corrected chi connectivity index (χ1v) is 7.12. The third-order valence-electron chi connectivity index (χ3n) is 3.25. The highest BCUT2D eigenvalue weighted by Gasteiger charge is 2.12. The van der Waals surface area contributed by atoms with Crippen molar-refractivity contribution in [3.05, 3.63) is 53.6 Å². The predicted octanol–water partition coefficient (Wildman–Crippen LogP) is 2.25. The van der Waals surface area contributed by atoms with E-state index in [2.05, 4.69) is 10.5 Å². The Morgan fingerprint density at radius 3 is 2.96 bits per heavy atom. The van der Waals surface area contributed by atoms with Gasteiger partial charge in [-0.1, -0.05) is 18.2 Å². The van der Waals surface area contributed by atoms with E-state index in [4.69, 9.17) is 14.2 Å². The second kappa shape index (κ2) is 6.83. The van der Waals surface area contributed by atoms with Gasteiger partial charge in [-0.15, -0.1) is 0 Å². The molecule has 6 heteroatoms. The van der Waals surface area contributed by atoms with Crippen LogP contribution in [0.15, 0.2) is 47.6 Å². The van der Waals surface area contributed by atoms with Crippen molar-refractivity contribution in [1.29, 1.82) is 0 Å². The smallest absolute Gasteiger partial charge is 0.277 e. The summed E-state index contributed by atoms with van der Waals surface area (Å²) in [4.78, 5) is 11.7. The van der Waals surface area contributed by atoms with Gasteiger partial charge in [0.1, 0.15) is 5.75 Å². The molecule has 2 aromatic carbocycles. The van der Waals surface area contributed by atoms with Gasteiger partial charge in [0.05, 0.1) is 6.21 Å². The lowest BCUT2D eigenvalue weighted by atomic mass is 10.2. The van der Waals surface area contributed by atoms with Gasteiger partial charge in [-0.25, -0.2) is 5.43 Å². The number of ether oxygens (including phenoxy) is 3. The molecule has 0 bridgehead atoms. The summed E-state index contributed by atoms with van der Waals surface area (Å²) in [6.07, 6.45) is 1.54. The van der Waals surface area contributed by atoms with Crippen molar-refractivity contribution in [1.82, 2.24) is 5.43 Å². The number of benzene rings is 2. The molecule has 0 radical (unpaired) electrons. The normalized spacial score (nSPS) is 12.4. The van der Waals surface area contributed by atoms with E-state index in [0.717, 1.165) is 11.1 Å². The van der Waals surface area contributed by atoms with Crippen LogP contribution in [0.25, 0.3) is 0 Å². The highest BCUT2D eigenvalue weighted by Crippen LogP contribution is 2.31. The number of amides is 1. The average molecular weight is 312 g/mol. The number of aryl methyl sites for hydroxylation is 1. The number of nitrogens with zero attached hydrogens (tertiary/aromatic N) is 1. The highest BCUT2D eigenvalue weighted by atomic mass is 16.7. The Bertz CT molecular complexity index is 743. The number of rotatable bonds is 5. The van der Waals surface area contributed by atoms with Gasteiger partial charge in [-0.05, 0) is 42.3 Å². The number of hydrogen-bond donors (Lipinski definition) is 1. The highest BCUT2D eigenvalue weighted by molar-refractivity contribution is 5.83. The molecule has 1 heterocycles. The Morgan fingerprint density at radius 1 is 1.26 bits per heavy atom. The quantitative estimate of drug-likeness (QED) is 0.679. The largest absolute Gasteiger partial charge is 0.483 e. The molecule has 0 atom stereocenters. The van der Waals surface area contributed by atoms with E-state index in [0.29, 0.717) is 17.2 Å². The molecule has 0 saturated carbocycles. The van der Waals surface area contributed by atoms with Crippen LogP contribution in [0.1, 0.15) is 11.1 Å². The van der Waals surface area contributed by atoms with Gasteiger partial charge in [0.15, 0.2) is 18.1 Å². The molecule has 1 amide bonds. The molecule has 1 N–H and O–H groups in total. The van der Waals surface area contributed by atoms with Crippen molar-refractivity contribution < 1.29 is 19.0 Å². The van der Waals surface area contributed by atoms with Crippen LogP contribution in [0, 0.1) is 6.92 Å². The van der Waals surface area contributed by atoms with Crippen molar-refractivity contribution in [3.8, 4) is 17.2 Å². The summed E-state index contributed by atoms with van der Waals surface area (Å²) in [6, 6.07) is 12.9. The Kier molecular flexibility index (Phi) is 4.42. The van der Waals surface area contributed by atoms with Gasteiger partial charge in [-0.2, -0.15) is 5.10 Å². The Morgan fingerprint density at radius 2 is 2.09 bits per heavy atom. The summed E-state index contributed by atoms with van der Waals surface area (Å²) in [5.41, 5.74) is 4.20. The monoisotopic (exact) mass is 312 g/mol. The minimum atomic E-state index is -0.328. The molecule has 0 fully saturated rings. The van der Waals surface area contributed by atoms with Crippen LogP contribution in [0.4, 0.5) is 0 Å². The molecule has 0 unspecified atom stereocenters. The van der Waals surface area contributed by atoms with Crippen LogP contribution in [0.2, 0.25) is 0 Å². The van der Waals surface area contributed by atoms with Crippen LogP contribution < -0.4 is 19.6 Å². The zero-order valence-electron chi connectivity index (χ0n) is 12.6. The van der Waals surface area contributed by atoms with Crippen LogP contribution in [0.3, 0.4) is 0 Å². The van der Waals surface area contributed by atoms with Crippen molar-refractivity contribution in [2.24, 2.45) is 5.10 Å². The first-order chi connectivity index (χ1) is 11.2. The van der Waals surface area contributed by atoms with Crippen molar-refractivity contribution in [3.63, 3.8) is 0 Å².